The summed E-state index contributed by atoms with van der Waals surface area (Å²) in [5.74, 6) is 0.633. The van der Waals surface area contributed by atoms with Crippen molar-refractivity contribution in [3.8, 4) is 6.07 Å². The molecule has 0 saturated carbocycles. The second-order valence-electron chi connectivity index (χ2n) is 8.62. The maximum Gasteiger partial charge on any atom is 0.270 e. The molecule has 10 heteroatoms. The monoisotopic (exact) mass is 487 g/mol. The number of thioether (sulfide) groups is 1. The van der Waals surface area contributed by atoms with Gasteiger partial charge in [0.25, 0.3) is 11.5 Å². The van der Waals surface area contributed by atoms with Gasteiger partial charge in [-0.25, -0.2) is 0 Å². The quantitative estimate of drug-likeness (QED) is 0.462. The fourth-order valence-electron chi connectivity index (χ4n) is 4.58. The minimum absolute atomic E-state index is 0.0154. The number of thiocarbonyl (C=S) groups is 1. The van der Waals surface area contributed by atoms with Gasteiger partial charge >= 0.3 is 0 Å². The lowest BCUT2D eigenvalue weighted by Gasteiger charge is -2.36. The molecule has 1 unspecified atom stereocenters. The summed E-state index contributed by atoms with van der Waals surface area (Å²) in [5, 5.41) is 9.72. The first-order chi connectivity index (χ1) is 15.8. The number of carbonyl (C=O) groups is 1. The van der Waals surface area contributed by atoms with Gasteiger partial charge in [-0.15, -0.1) is 0 Å². The molecular weight excluding hydrogens is 458 g/mol. The van der Waals surface area contributed by atoms with Crippen LogP contribution < -0.4 is 10.5 Å². The maximum atomic E-state index is 13.3. The molecule has 1 atom stereocenters. The second-order valence-corrected chi connectivity index (χ2v) is 10.3. The fourth-order valence-corrected chi connectivity index (χ4v) is 5.83. The van der Waals surface area contributed by atoms with Gasteiger partial charge in [-0.1, -0.05) is 24.0 Å². The molecule has 3 aliphatic rings. The molecule has 4 rings (SSSR count). The molecule has 3 aliphatic heterocycles. The molecule has 1 aromatic heterocycles. The van der Waals surface area contributed by atoms with E-state index in [0.717, 1.165) is 57.0 Å². The molecular formula is C23H29N5O3S2. The predicted molar refractivity (Wildman–Crippen MR) is 134 cm³/mol. The van der Waals surface area contributed by atoms with Crippen molar-refractivity contribution in [2.75, 3.05) is 51.3 Å². The molecule has 4 heterocycles. The van der Waals surface area contributed by atoms with Gasteiger partial charge < -0.3 is 14.5 Å². The predicted octanol–water partition coefficient (Wildman–Crippen LogP) is 2.18. The Kier molecular flexibility index (Phi) is 7.24. The third-order valence-electron chi connectivity index (χ3n) is 6.52. The van der Waals surface area contributed by atoms with E-state index >= 15 is 0 Å². The molecule has 3 saturated heterocycles. The number of hydrogen-bond acceptors (Lipinski definition) is 8. The van der Waals surface area contributed by atoms with Gasteiger partial charge in [0.05, 0.1) is 17.6 Å². The van der Waals surface area contributed by atoms with Crippen LogP contribution in [0.4, 0.5) is 5.82 Å². The van der Waals surface area contributed by atoms with Crippen LogP contribution in [0, 0.1) is 18.3 Å². The lowest BCUT2D eigenvalue weighted by atomic mass is 10.0. The Balaban J connectivity index is 1.78. The normalized spacial score (nSPS) is 23.1. The van der Waals surface area contributed by atoms with Gasteiger partial charge in [-0.3, -0.25) is 19.1 Å². The molecule has 1 amide bonds. The van der Waals surface area contributed by atoms with Crippen molar-refractivity contribution in [2.24, 2.45) is 0 Å². The number of nitrogens with zero attached hydrogens (tertiary/aromatic N) is 5. The van der Waals surface area contributed by atoms with Crippen molar-refractivity contribution < 1.29 is 9.53 Å². The van der Waals surface area contributed by atoms with Gasteiger partial charge in [0.15, 0.2) is 0 Å². The smallest absolute Gasteiger partial charge is 0.270 e. The van der Waals surface area contributed by atoms with E-state index in [1.807, 2.05) is 13.0 Å². The van der Waals surface area contributed by atoms with Crippen LogP contribution in [0.25, 0.3) is 6.08 Å². The van der Waals surface area contributed by atoms with Gasteiger partial charge in [0.1, 0.15) is 21.8 Å². The number of aromatic nitrogens is 1. The number of likely N-dealkylation sites (N-methyl/N-ethyl adjacent to an activating group) is 1. The lowest BCUT2D eigenvalue weighted by Crippen LogP contribution is -2.47. The van der Waals surface area contributed by atoms with Gasteiger partial charge in [0, 0.05) is 44.9 Å². The Hall–Kier alpha value is -2.19. The molecule has 0 spiro atoms. The van der Waals surface area contributed by atoms with Crippen LogP contribution in [0.2, 0.25) is 0 Å². The molecule has 176 valence electrons. The summed E-state index contributed by atoms with van der Waals surface area (Å²) in [5.41, 5.74) is 1.19. The molecule has 0 bridgehead atoms. The Morgan fingerprint density at radius 2 is 2.00 bits per heavy atom. The molecule has 8 nitrogen and oxygen atoms in total. The van der Waals surface area contributed by atoms with E-state index in [-0.39, 0.29) is 23.1 Å². The summed E-state index contributed by atoms with van der Waals surface area (Å²) < 4.78 is 7.88. The zero-order valence-electron chi connectivity index (χ0n) is 19.3. The highest BCUT2D eigenvalue weighted by Gasteiger charge is 2.35. The highest BCUT2D eigenvalue weighted by molar-refractivity contribution is 8.26. The summed E-state index contributed by atoms with van der Waals surface area (Å²) in [7, 11) is 2.08. The van der Waals surface area contributed by atoms with Crippen molar-refractivity contribution >= 4 is 46.1 Å². The summed E-state index contributed by atoms with van der Waals surface area (Å²) in [6.45, 7) is 8.60. The number of anilines is 1. The molecule has 0 radical (unpaired) electrons. The summed E-state index contributed by atoms with van der Waals surface area (Å²) >= 11 is 6.79. The van der Waals surface area contributed by atoms with Crippen LogP contribution in [0.15, 0.2) is 9.70 Å². The van der Waals surface area contributed by atoms with Crippen LogP contribution in [0.3, 0.4) is 0 Å². The van der Waals surface area contributed by atoms with Crippen LogP contribution in [-0.2, 0) is 16.1 Å². The van der Waals surface area contributed by atoms with Crippen LogP contribution in [0.5, 0.6) is 0 Å². The van der Waals surface area contributed by atoms with E-state index in [1.165, 1.54) is 11.8 Å². The summed E-state index contributed by atoms with van der Waals surface area (Å²) in [6, 6.07) is 2.08. The van der Waals surface area contributed by atoms with E-state index in [1.54, 1.807) is 16.4 Å². The number of ether oxygens (including phenoxy) is 1. The summed E-state index contributed by atoms with van der Waals surface area (Å²) in [4.78, 5) is 32.9. The van der Waals surface area contributed by atoms with E-state index in [0.29, 0.717) is 27.9 Å². The van der Waals surface area contributed by atoms with Gasteiger partial charge in [0.2, 0.25) is 0 Å². The molecule has 33 heavy (non-hydrogen) atoms. The van der Waals surface area contributed by atoms with Crippen LogP contribution >= 0.6 is 24.0 Å². The minimum Gasteiger partial charge on any atom is -0.376 e. The van der Waals surface area contributed by atoms with Crippen LogP contribution in [-0.4, -0.2) is 77.1 Å². The van der Waals surface area contributed by atoms with Crippen molar-refractivity contribution in [2.45, 2.75) is 39.3 Å². The van der Waals surface area contributed by atoms with Crippen molar-refractivity contribution in [1.82, 2.24) is 14.4 Å². The molecule has 0 aromatic carbocycles. The highest BCUT2D eigenvalue weighted by Crippen LogP contribution is 2.36. The Bertz CT molecular complexity index is 1090. The van der Waals surface area contributed by atoms with E-state index < -0.39 is 0 Å². The molecule has 1 aromatic rings. The number of nitriles is 1. The zero-order valence-corrected chi connectivity index (χ0v) is 20.9. The van der Waals surface area contributed by atoms with Crippen molar-refractivity contribution in [3.05, 3.63) is 31.9 Å². The number of amides is 1. The topological polar surface area (TPSA) is 81.8 Å². The average Bonchev–Trinajstić information content (AvgIpc) is 3.40. The Labute approximate surface area is 203 Å². The molecule has 3 fully saturated rings. The first kappa shape index (κ1) is 24.0. The number of hydrogen-bond donors (Lipinski definition) is 0. The first-order valence-electron chi connectivity index (χ1n) is 11.3. The number of carbonyl (C=O) groups excluding carboxylic acids is 1. The third-order valence-corrected chi connectivity index (χ3v) is 7.90. The van der Waals surface area contributed by atoms with Gasteiger partial charge in [-0.05, 0) is 45.4 Å². The first-order valence-corrected chi connectivity index (χ1v) is 12.6. The SMILES string of the molecule is CCn1c(N2CCN(C)CC2)c(/C=C2\SC(=S)N(CC3CCCO3)C2=O)c(C)c(C#N)c1=O. The highest BCUT2D eigenvalue weighted by atomic mass is 32.2. The number of rotatable bonds is 5. The third kappa shape index (κ3) is 4.60. The second kappa shape index (κ2) is 9.97. The lowest BCUT2D eigenvalue weighted by molar-refractivity contribution is -0.123. The fraction of sp³-hybridized carbons (Fsp3) is 0.565. The Morgan fingerprint density at radius 1 is 1.27 bits per heavy atom. The number of piperazine rings is 1. The number of pyridine rings is 1. The minimum atomic E-state index is -0.283. The van der Waals surface area contributed by atoms with Gasteiger partial charge in [-0.2, -0.15) is 5.26 Å². The zero-order chi connectivity index (χ0) is 23.7. The molecule has 0 N–H and O–H groups in total. The van der Waals surface area contributed by atoms with Crippen molar-refractivity contribution in [3.63, 3.8) is 0 Å². The van der Waals surface area contributed by atoms with E-state index in [4.69, 9.17) is 17.0 Å². The van der Waals surface area contributed by atoms with Crippen molar-refractivity contribution in [1.29, 1.82) is 5.26 Å². The molecule has 0 aliphatic carbocycles. The van der Waals surface area contributed by atoms with E-state index in [2.05, 4.69) is 22.9 Å². The average molecular weight is 488 g/mol. The Morgan fingerprint density at radius 3 is 2.61 bits per heavy atom. The van der Waals surface area contributed by atoms with Crippen LogP contribution in [0.1, 0.15) is 36.5 Å². The standard InChI is InChI=1S/C23H29N5O3S2/c1-4-27-20(26-9-7-25(3)8-10-26)17(15(2)18(13-24)21(27)29)12-19-22(30)28(23(32)33-19)14-16-6-5-11-31-16/h12,16H,4-11,14H2,1-3H3/b19-12-. The maximum absolute atomic E-state index is 13.3. The largest absolute Gasteiger partial charge is 0.376 e. The summed E-state index contributed by atoms with van der Waals surface area (Å²) in [6.07, 6.45) is 3.76. The van der Waals surface area contributed by atoms with E-state index in [9.17, 15) is 14.9 Å².